The fourth-order valence-electron chi connectivity index (χ4n) is 1.67. The van der Waals surface area contributed by atoms with Gasteiger partial charge in [-0.25, -0.2) is 8.42 Å². The zero-order valence-corrected chi connectivity index (χ0v) is 14.2. The molecule has 0 saturated heterocycles. The summed E-state index contributed by atoms with van der Waals surface area (Å²) in [5.41, 5.74) is 2.14. The minimum Gasteiger partial charge on any atom is -0.497 e. The number of sulfonamides is 1. The maximum absolute atomic E-state index is 12.1. The second-order valence-corrected chi connectivity index (χ2v) is 6.89. The van der Waals surface area contributed by atoms with Crippen LogP contribution in [0.4, 0.5) is 0 Å². The van der Waals surface area contributed by atoms with Crippen LogP contribution in [0, 0.1) is 0 Å². The van der Waals surface area contributed by atoms with Gasteiger partial charge in [0.05, 0.1) is 22.6 Å². The quantitative estimate of drug-likeness (QED) is 0.787. The topological polar surface area (TPSA) is 84.5 Å². The third kappa shape index (κ3) is 4.35. The molecule has 0 heterocycles. The Kier molecular flexibility index (Phi) is 5.48. The molecular formula is C14H12Cl2N2O4S. The monoisotopic (exact) mass is 374 g/mol. The predicted molar refractivity (Wildman–Crippen MR) is 87.2 cm³/mol. The molecule has 0 saturated carbocycles. The lowest BCUT2D eigenvalue weighted by Gasteiger charge is -2.10. The molecule has 2 aromatic carbocycles. The summed E-state index contributed by atoms with van der Waals surface area (Å²) in [5.74, 6) is -0.215. The molecule has 0 radical (unpaired) electrons. The molecular weight excluding hydrogens is 363 g/mol. The molecule has 9 heteroatoms. The predicted octanol–water partition coefficient (Wildman–Crippen LogP) is 2.63. The zero-order valence-electron chi connectivity index (χ0n) is 11.8. The summed E-state index contributed by atoms with van der Waals surface area (Å²) in [6, 6.07) is 9.97. The first-order chi connectivity index (χ1) is 10.8. The summed E-state index contributed by atoms with van der Waals surface area (Å²) in [4.78, 5) is 14.0. The Morgan fingerprint density at radius 2 is 1.74 bits per heavy atom. The number of halogens is 2. The molecule has 0 aromatic heterocycles. The summed E-state index contributed by atoms with van der Waals surface area (Å²) in [5, 5.41) is 0.452. The standard InChI is InChI=1S/C14H12Cl2N2O4S/c1-22-10-3-5-11(6-4-10)23(20,21)18-17-14(19)12-8-9(15)2-7-13(12)16/h2-8,18H,1H3,(H,17,19). The van der Waals surface area contributed by atoms with Gasteiger partial charge in [0.15, 0.2) is 0 Å². The molecule has 23 heavy (non-hydrogen) atoms. The van der Waals surface area contributed by atoms with Crippen molar-refractivity contribution in [3.63, 3.8) is 0 Å². The Morgan fingerprint density at radius 3 is 2.35 bits per heavy atom. The van der Waals surface area contributed by atoms with Gasteiger partial charge in [0, 0.05) is 5.02 Å². The summed E-state index contributed by atoms with van der Waals surface area (Å²) < 4.78 is 29.1. The molecule has 2 rings (SSSR count). The Labute approximate surface area is 143 Å². The van der Waals surface area contributed by atoms with Gasteiger partial charge in [-0.15, -0.1) is 4.83 Å². The number of hydrogen-bond donors (Lipinski definition) is 2. The largest absolute Gasteiger partial charge is 0.497 e. The molecule has 1 amide bonds. The van der Waals surface area contributed by atoms with Crippen LogP contribution in [-0.2, 0) is 10.0 Å². The van der Waals surface area contributed by atoms with Crippen molar-refractivity contribution in [2.45, 2.75) is 4.90 Å². The van der Waals surface area contributed by atoms with Crippen LogP contribution in [0.5, 0.6) is 5.75 Å². The molecule has 0 aliphatic rings. The number of hydrazine groups is 1. The van der Waals surface area contributed by atoms with Crippen molar-refractivity contribution >= 4 is 39.1 Å². The van der Waals surface area contributed by atoms with Crippen LogP contribution < -0.4 is 15.0 Å². The van der Waals surface area contributed by atoms with Crippen molar-refractivity contribution in [2.24, 2.45) is 0 Å². The van der Waals surface area contributed by atoms with E-state index in [1.54, 1.807) is 0 Å². The second kappa shape index (κ2) is 7.18. The van der Waals surface area contributed by atoms with Gasteiger partial charge in [0.2, 0.25) is 0 Å². The number of carbonyl (C=O) groups is 1. The van der Waals surface area contributed by atoms with Gasteiger partial charge < -0.3 is 4.74 Å². The van der Waals surface area contributed by atoms with E-state index in [9.17, 15) is 13.2 Å². The molecule has 122 valence electrons. The minimum absolute atomic E-state index is 0.0317. The smallest absolute Gasteiger partial charge is 0.267 e. The van der Waals surface area contributed by atoms with E-state index < -0.39 is 15.9 Å². The van der Waals surface area contributed by atoms with Crippen LogP contribution in [0.1, 0.15) is 10.4 Å². The van der Waals surface area contributed by atoms with E-state index in [1.807, 2.05) is 4.83 Å². The van der Waals surface area contributed by atoms with Gasteiger partial charge in [-0.2, -0.15) is 0 Å². The Hall–Kier alpha value is -1.80. The number of rotatable bonds is 5. The SMILES string of the molecule is COc1ccc(S(=O)(=O)NNC(=O)c2cc(Cl)ccc2Cl)cc1. The van der Waals surface area contributed by atoms with Gasteiger partial charge >= 0.3 is 0 Å². The van der Waals surface area contributed by atoms with Crippen LogP contribution in [0.2, 0.25) is 10.0 Å². The number of ether oxygens (including phenoxy) is 1. The summed E-state index contributed by atoms with van der Waals surface area (Å²) >= 11 is 11.7. The summed E-state index contributed by atoms with van der Waals surface area (Å²) in [7, 11) is -2.46. The molecule has 0 spiro atoms. The van der Waals surface area contributed by atoms with Crippen molar-refractivity contribution in [1.82, 2.24) is 10.3 Å². The highest BCUT2D eigenvalue weighted by molar-refractivity contribution is 7.89. The number of methoxy groups -OCH3 is 1. The van der Waals surface area contributed by atoms with Crippen molar-refractivity contribution < 1.29 is 17.9 Å². The first-order valence-corrected chi connectivity index (χ1v) is 8.48. The third-order valence-electron chi connectivity index (χ3n) is 2.84. The number of benzene rings is 2. The normalized spacial score (nSPS) is 11.1. The van der Waals surface area contributed by atoms with Crippen LogP contribution in [0.25, 0.3) is 0 Å². The summed E-state index contributed by atoms with van der Waals surface area (Å²) in [6.07, 6.45) is 0. The van der Waals surface area contributed by atoms with Gasteiger partial charge in [-0.1, -0.05) is 23.2 Å². The van der Waals surface area contributed by atoms with Crippen molar-refractivity contribution in [3.05, 3.63) is 58.1 Å². The molecule has 0 aliphatic heterocycles. The fraction of sp³-hybridized carbons (Fsp3) is 0.0714. The van der Waals surface area contributed by atoms with E-state index >= 15 is 0 Å². The fourth-order valence-corrected chi connectivity index (χ4v) is 2.88. The van der Waals surface area contributed by atoms with E-state index in [2.05, 4.69) is 5.43 Å². The highest BCUT2D eigenvalue weighted by Crippen LogP contribution is 2.20. The highest BCUT2D eigenvalue weighted by Gasteiger charge is 2.17. The Balaban J connectivity index is 2.12. The lowest BCUT2D eigenvalue weighted by molar-refractivity contribution is 0.0945. The van der Waals surface area contributed by atoms with Gasteiger partial charge in [0.1, 0.15) is 5.75 Å². The lowest BCUT2D eigenvalue weighted by Crippen LogP contribution is -2.41. The van der Waals surface area contributed by atoms with E-state index in [4.69, 9.17) is 27.9 Å². The molecule has 0 unspecified atom stereocenters. The van der Waals surface area contributed by atoms with Gasteiger partial charge in [0.25, 0.3) is 15.9 Å². The number of amides is 1. The maximum Gasteiger partial charge on any atom is 0.267 e. The van der Waals surface area contributed by atoms with Crippen LogP contribution in [-0.4, -0.2) is 21.4 Å². The van der Waals surface area contributed by atoms with Crippen molar-refractivity contribution in [3.8, 4) is 5.75 Å². The molecule has 2 aromatic rings. The molecule has 0 bridgehead atoms. The van der Waals surface area contributed by atoms with Crippen molar-refractivity contribution in [1.29, 1.82) is 0 Å². The average Bonchev–Trinajstić information content (AvgIpc) is 2.55. The van der Waals surface area contributed by atoms with Gasteiger partial charge in [-0.3, -0.25) is 10.2 Å². The lowest BCUT2D eigenvalue weighted by atomic mass is 10.2. The van der Waals surface area contributed by atoms with E-state index in [0.29, 0.717) is 10.8 Å². The first-order valence-electron chi connectivity index (χ1n) is 6.25. The highest BCUT2D eigenvalue weighted by atomic mass is 35.5. The summed E-state index contributed by atoms with van der Waals surface area (Å²) in [6.45, 7) is 0. The molecule has 0 fully saturated rings. The van der Waals surface area contributed by atoms with Crippen LogP contribution in [0.3, 0.4) is 0 Å². The first kappa shape index (κ1) is 17.6. The number of hydrogen-bond acceptors (Lipinski definition) is 4. The van der Waals surface area contributed by atoms with E-state index in [0.717, 1.165) is 0 Å². The number of carbonyl (C=O) groups excluding carboxylic acids is 1. The molecule has 2 N–H and O–H groups in total. The minimum atomic E-state index is -3.92. The second-order valence-electron chi connectivity index (χ2n) is 4.36. The van der Waals surface area contributed by atoms with E-state index in [-0.39, 0.29) is 15.5 Å². The third-order valence-corrected chi connectivity index (χ3v) is 4.67. The van der Waals surface area contributed by atoms with Crippen LogP contribution in [0.15, 0.2) is 47.4 Å². The zero-order chi connectivity index (χ0) is 17.0. The Bertz CT molecular complexity index is 823. The molecule has 0 atom stereocenters. The molecule has 0 aliphatic carbocycles. The van der Waals surface area contributed by atoms with Gasteiger partial charge in [-0.05, 0) is 42.5 Å². The number of nitrogens with one attached hydrogen (secondary N) is 2. The maximum atomic E-state index is 12.1. The molecule has 6 nitrogen and oxygen atoms in total. The van der Waals surface area contributed by atoms with Crippen molar-refractivity contribution in [2.75, 3.05) is 7.11 Å². The van der Waals surface area contributed by atoms with E-state index in [1.165, 1.54) is 49.6 Å². The Morgan fingerprint density at radius 1 is 1.09 bits per heavy atom. The van der Waals surface area contributed by atoms with Crippen LogP contribution >= 0.6 is 23.2 Å². The average molecular weight is 375 g/mol.